The molecule has 2 aromatic carbocycles. The van der Waals surface area contributed by atoms with Crippen molar-refractivity contribution in [2.45, 2.75) is 0 Å². The third kappa shape index (κ3) is 3.15. The molecule has 0 aliphatic heterocycles. The van der Waals surface area contributed by atoms with Gasteiger partial charge >= 0.3 is 0 Å². The van der Waals surface area contributed by atoms with Gasteiger partial charge < -0.3 is 21.5 Å². The maximum absolute atomic E-state index is 8.78. The fraction of sp³-hybridized carbons (Fsp3) is 0.143. The zero-order chi connectivity index (χ0) is 12.8. The normalized spacial score (nSPS) is 10.1. The van der Waals surface area contributed by atoms with E-state index < -0.39 is 0 Å². The molecule has 0 unspecified atom stereocenters. The second-order valence-electron chi connectivity index (χ2n) is 3.94. The number of hydrogen-bond donors (Lipinski definition) is 4. The lowest BCUT2D eigenvalue weighted by Crippen LogP contribution is -2.06. The lowest BCUT2D eigenvalue weighted by Gasteiger charge is -2.12. The molecule has 0 aliphatic rings. The number of aliphatic hydroxyl groups excluding tert-OH is 1. The topological polar surface area (TPSA) is 70.3 Å². The molecular formula is C14H17N3O. The van der Waals surface area contributed by atoms with E-state index >= 15 is 0 Å². The standard InChI is InChI=1S/C14H17N3O/c15-13-7-6-12(16-8-9-18)10-14(13)17-11-4-2-1-3-5-11/h1-7,10,16-18H,8-9,15H2. The van der Waals surface area contributed by atoms with Crippen LogP contribution in [0.15, 0.2) is 48.5 Å². The summed E-state index contributed by atoms with van der Waals surface area (Å²) in [5.74, 6) is 0. The van der Waals surface area contributed by atoms with Gasteiger partial charge in [-0.05, 0) is 30.3 Å². The van der Waals surface area contributed by atoms with Crippen LogP contribution in [0.2, 0.25) is 0 Å². The molecule has 4 heteroatoms. The Balaban J connectivity index is 2.16. The molecule has 0 aromatic heterocycles. The highest BCUT2D eigenvalue weighted by Crippen LogP contribution is 2.26. The monoisotopic (exact) mass is 243 g/mol. The minimum atomic E-state index is 0.103. The minimum Gasteiger partial charge on any atom is -0.397 e. The molecule has 94 valence electrons. The summed E-state index contributed by atoms with van der Waals surface area (Å²) in [7, 11) is 0. The van der Waals surface area contributed by atoms with Gasteiger partial charge in [-0.3, -0.25) is 0 Å². The van der Waals surface area contributed by atoms with E-state index in [1.807, 2.05) is 48.5 Å². The Bertz CT molecular complexity index is 500. The Morgan fingerprint density at radius 1 is 1.00 bits per heavy atom. The molecule has 2 rings (SSSR count). The van der Waals surface area contributed by atoms with E-state index in [1.165, 1.54) is 0 Å². The number of nitrogens with two attached hydrogens (primary N) is 1. The fourth-order valence-electron chi connectivity index (χ4n) is 1.65. The van der Waals surface area contributed by atoms with Gasteiger partial charge in [0.05, 0.1) is 18.0 Å². The molecule has 0 fully saturated rings. The number of benzene rings is 2. The zero-order valence-corrected chi connectivity index (χ0v) is 10.1. The summed E-state index contributed by atoms with van der Waals surface area (Å²) in [4.78, 5) is 0. The van der Waals surface area contributed by atoms with E-state index in [0.717, 1.165) is 17.1 Å². The number of nitrogens with one attached hydrogen (secondary N) is 2. The Labute approximate surface area is 106 Å². The van der Waals surface area contributed by atoms with Crippen molar-refractivity contribution in [1.82, 2.24) is 0 Å². The highest BCUT2D eigenvalue weighted by atomic mass is 16.3. The summed E-state index contributed by atoms with van der Waals surface area (Å²) in [5, 5.41) is 15.1. The van der Waals surface area contributed by atoms with Crippen molar-refractivity contribution in [3.63, 3.8) is 0 Å². The summed E-state index contributed by atoms with van der Waals surface area (Å²) in [6.45, 7) is 0.626. The van der Waals surface area contributed by atoms with Gasteiger partial charge in [0.25, 0.3) is 0 Å². The highest BCUT2D eigenvalue weighted by molar-refractivity contribution is 5.76. The Hall–Kier alpha value is -2.20. The average molecular weight is 243 g/mol. The van der Waals surface area contributed by atoms with Crippen molar-refractivity contribution in [3.05, 3.63) is 48.5 Å². The van der Waals surface area contributed by atoms with Crippen molar-refractivity contribution >= 4 is 22.7 Å². The third-order valence-corrected chi connectivity index (χ3v) is 2.55. The second-order valence-corrected chi connectivity index (χ2v) is 3.94. The molecule has 2 aromatic rings. The van der Waals surface area contributed by atoms with Crippen molar-refractivity contribution in [2.24, 2.45) is 0 Å². The molecule has 0 amide bonds. The van der Waals surface area contributed by atoms with E-state index in [-0.39, 0.29) is 6.61 Å². The first-order valence-electron chi connectivity index (χ1n) is 5.86. The molecule has 0 saturated carbocycles. The van der Waals surface area contributed by atoms with Crippen LogP contribution in [-0.2, 0) is 0 Å². The summed E-state index contributed by atoms with van der Waals surface area (Å²) in [6, 6.07) is 15.5. The fourth-order valence-corrected chi connectivity index (χ4v) is 1.65. The predicted octanol–water partition coefficient (Wildman–Crippen LogP) is 2.42. The molecule has 0 radical (unpaired) electrons. The molecule has 0 aliphatic carbocycles. The van der Waals surface area contributed by atoms with Gasteiger partial charge in [-0.2, -0.15) is 0 Å². The number of para-hydroxylation sites is 1. The smallest absolute Gasteiger partial charge is 0.0638 e. The molecule has 18 heavy (non-hydrogen) atoms. The van der Waals surface area contributed by atoms with Gasteiger partial charge in [0.2, 0.25) is 0 Å². The van der Waals surface area contributed by atoms with Crippen LogP contribution in [0.3, 0.4) is 0 Å². The first-order chi connectivity index (χ1) is 8.79. The third-order valence-electron chi connectivity index (χ3n) is 2.55. The van der Waals surface area contributed by atoms with E-state index in [4.69, 9.17) is 10.8 Å². The van der Waals surface area contributed by atoms with E-state index in [1.54, 1.807) is 0 Å². The van der Waals surface area contributed by atoms with Crippen LogP contribution < -0.4 is 16.4 Å². The SMILES string of the molecule is Nc1ccc(NCCO)cc1Nc1ccccc1. The lowest BCUT2D eigenvalue weighted by atomic mass is 10.2. The van der Waals surface area contributed by atoms with Gasteiger partial charge in [0.1, 0.15) is 0 Å². The first kappa shape index (κ1) is 12.3. The molecule has 0 saturated heterocycles. The van der Waals surface area contributed by atoms with Crippen LogP contribution >= 0.6 is 0 Å². The highest BCUT2D eigenvalue weighted by Gasteiger charge is 2.01. The Morgan fingerprint density at radius 2 is 1.78 bits per heavy atom. The van der Waals surface area contributed by atoms with Crippen LogP contribution in [0.25, 0.3) is 0 Å². The predicted molar refractivity (Wildman–Crippen MR) is 76.2 cm³/mol. The summed E-state index contributed by atoms with van der Waals surface area (Å²) < 4.78 is 0. The molecule has 0 bridgehead atoms. The lowest BCUT2D eigenvalue weighted by molar-refractivity contribution is 0.311. The van der Waals surface area contributed by atoms with Gasteiger partial charge in [-0.15, -0.1) is 0 Å². The van der Waals surface area contributed by atoms with Crippen molar-refractivity contribution < 1.29 is 5.11 Å². The van der Waals surface area contributed by atoms with Crippen LogP contribution in [0, 0.1) is 0 Å². The Kier molecular flexibility index (Phi) is 4.04. The van der Waals surface area contributed by atoms with E-state index in [2.05, 4.69) is 10.6 Å². The number of rotatable bonds is 5. The number of nitrogen functional groups attached to an aromatic ring is 1. The molecule has 5 N–H and O–H groups in total. The van der Waals surface area contributed by atoms with Crippen LogP contribution in [0.5, 0.6) is 0 Å². The van der Waals surface area contributed by atoms with Crippen LogP contribution in [0.4, 0.5) is 22.7 Å². The maximum Gasteiger partial charge on any atom is 0.0638 e. The molecular weight excluding hydrogens is 226 g/mol. The molecule has 0 heterocycles. The average Bonchev–Trinajstić information content (AvgIpc) is 2.41. The van der Waals surface area contributed by atoms with Gasteiger partial charge in [-0.1, -0.05) is 18.2 Å². The van der Waals surface area contributed by atoms with Crippen molar-refractivity contribution in [1.29, 1.82) is 0 Å². The molecule has 0 spiro atoms. The first-order valence-corrected chi connectivity index (χ1v) is 5.86. The van der Waals surface area contributed by atoms with E-state index in [9.17, 15) is 0 Å². The number of aliphatic hydroxyl groups is 1. The summed E-state index contributed by atoms with van der Waals surface area (Å²) in [6.07, 6.45) is 0. The minimum absolute atomic E-state index is 0.103. The van der Waals surface area contributed by atoms with E-state index in [0.29, 0.717) is 12.2 Å². The van der Waals surface area contributed by atoms with Crippen molar-refractivity contribution in [2.75, 3.05) is 29.5 Å². The zero-order valence-electron chi connectivity index (χ0n) is 10.1. The summed E-state index contributed by atoms with van der Waals surface area (Å²) >= 11 is 0. The van der Waals surface area contributed by atoms with Gasteiger partial charge in [-0.25, -0.2) is 0 Å². The quantitative estimate of drug-likeness (QED) is 0.609. The van der Waals surface area contributed by atoms with Crippen LogP contribution in [0.1, 0.15) is 0 Å². The Morgan fingerprint density at radius 3 is 2.50 bits per heavy atom. The summed E-state index contributed by atoms with van der Waals surface area (Å²) in [5.41, 5.74) is 9.38. The second kappa shape index (κ2) is 5.93. The van der Waals surface area contributed by atoms with Crippen LogP contribution in [-0.4, -0.2) is 18.3 Å². The number of hydrogen-bond acceptors (Lipinski definition) is 4. The van der Waals surface area contributed by atoms with Gasteiger partial charge in [0, 0.05) is 17.9 Å². The number of anilines is 4. The van der Waals surface area contributed by atoms with Crippen molar-refractivity contribution in [3.8, 4) is 0 Å². The largest absolute Gasteiger partial charge is 0.397 e. The molecule has 4 nitrogen and oxygen atoms in total. The molecule has 0 atom stereocenters. The van der Waals surface area contributed by atoms with Gasteiger partial charge in [0.15, 0.2) is 0 Å². The maximum atomic E-state index is 8.78.